The summed E-state index contributed by atoms with van der Waals surface area (Å²) in [5.41, 5.74) is 1.18. The van der Waals surface area contributed by atoms with Gasteiger partial charge in [0.2, 0.25) is 5.91 Å². The Balaban J connectivity index is 1.77. The molecule has 0 bridgehead atoms. The number of rotatable bonds is 8. The van der Waals surface area contributed by atoms with Crippen molar-refractivity contribution in [2.75, 3.05) is 60.1 Å². The van der Waals surface area contributed by atoms with E-state index in [4.69, 9.17) is 9.47 Å². The summed E-state index contributed by atoms with van der Waals surface area (Å²) in [7, 11) is 3.33. The summed E-state index contributed by atoms with van der Waals surface area (Å²) in [6.07, 6.45) is 0. The molecule has 1 aliphatic rings. The molecule has 1 saturated heterocycles. The Labute approximate surface area is 152 Å². The lowest BCUT2D eigenvalue weighted by Gasteiger charge is -2.34. The number of nitrogens with one attached hydrogen (secondary N) is 1. The molecule has 0 aromatic heterocycles. The molecular formula is C17H26BrN3O3. The summed E-state index contributed by atoms with van der Waals surface area (Å²) in [4.78, 5) is 16.4. The molecule has 0 unspecified atom stereocenters. The highest BCUT2D eigenvalue weighted by molar-refractivity contribution is 9.10. The van der Waals surface area contributed by atoms with Gasteiger partial charge in [0.25, 0.3) is 0 Å². The summed E-state index contributed by atoms with van der Waals surface area (Å²) in [6, 6.07) is 6.08. The fourth-order valence-corrected chi connectivity index (χ4v) is 3.18. The van der Waals surface area contributed by atoms with E-state index in [1.165, 1.54) is 5.56 Å². The Morgan fingerprint density at radius 2 is 1.92 bits per heavy atom. The van der Waals surface area contributed by atoms with Crippen molar-refractivity contribution in [2.45, 2.75) is 6.54 Å². The number of methoxy groups -OCH3 is 2. The van der Waals surface area contributed by atoms with E-state index in [9.17, 15) is 4.79 Å². The average Bonchev–Trinajstić information content (AvgIpc) is 2.57. The van der Waals surface area contributed by atoms with Gasteiger partial charge in [0.15, 0.2) is 0 Å². The molecular weight excluding hydrogens is 374 g/mol. The van der Waals surface area contributed by atoms with Crippen molar-refractivity contribution in [1.82, 2.24) is 15.1 Å². The van der Waals surface area contributed by atoms with Gasteiger partial charge >= 0.3 is 0 Å². The maximum atomic E-state index is 11.8. The molecule has 2 rings (SSSR count). The number of hydrogen-bond donors (Lipinski definition) is 1. The number of amides is 1. The van der Waals surface area contributed by atoms with Crippen LogP contribution in [0.4, 0.5) is 0 Å². The second kappa shape index (κ2) is 9.98. The molecule has 0 spiro atoms. The fourth-order valence-electron chi connectivity index (χ4n) is 2.77. The first-order valence-corrected chi connectivity index (χ1v) is 8.94. The predicted octanol–water partition coefficient (Wildman–Crippen LogP) is 1.34. The number of carbonyl (C=O) groups is 1. The largest absolute Gasteiger partial charge is 0.496 e. The first-order chi connectivity index (χ1) is 11.6. The molecule has 6 nitrogen and oxygen atoms in total. The lowest BCUT2D eigenvalue weighted by atomic mass is 10.1. The van der Waals surface area contributed by atoms with E-state index in [1.807, 2.05) is 12.1 Å². The summed E-state index contributed by atoms with van der Waals surface area (Å²) < 4.78 is 11.4. The minimum Gasteiger partial charge on any atom is -0.496 e. The maximum absolute atomic E-state index is 11.8. The van der Waals surface area contributed by atoms with Crippen LogP contribution in [0.2, 0.25) is 0 Å². The van der Waals surface area contributed by atoms with Gasteiger partial charge in [0.05, 0.1) is 20.3 Å². The monoisotopic (exact) mass is 399 g/mol. The Morgan fingerprint density at radius 1 is 1.21 bits per heavy atom. The van der Waals surface area contributed by atoms with E-state index in [0.29, 0.717) is 19.7 Å². The second-order valence-electron chi connectivity index (χ2n) is 5.85. The van der Waals surface area contributed by atoms with Crippen molar-refractivity contribution < 1.29 is 14.3 Å². The molecule has 0 radical (unpaired) electrons. The van der Waals surface area contributed by atoms with Crippen LogP contribution in [-0.4, -0.2) is 75.8 Å². The first-order valence-electron chi connectivity index (χ1n) is 8.15. The Hall–Kier alpha value is -1.15. The zero-order valence-electron chi connectivity index (χ0n) is 14.4. The van der Waals surface area contributed by atoms with Crippen LogP contribution in [0.5, 0.6) is 5.75 Å². The van der Waals surface area contributed by atoms with Crippen LogP contribution in [0, 0.1) is 0 Å². The summed E-state index contributed by atoms with van der Waals surface area (Å²) in [6.45, 7) is 6.12. The highest BCUT2D eigenvalue weighted by atomic mass is 79.9. The van der Waals surface area contributed by atoms with Gasteiger partial charge in [-0.3, -0.25) is 14.6 Å². The van der Waals surface area contributed by atoms with E-state index in [2.05, 4.69) is 37.1 Å². The lowest BCUT2D eigenvalue weighted by molar-refractivity contribution is -0.122. The number of ether oxygens (including phenoxy) is 2. The average molecular weight is 400 g/mol. The van der Waals surface area contributed by atoms with Crippen LogP contribution in [0.1, 0.15) is 5.56 Å². The van der Waals surface area contributed by atoms with Crippen molar-refractivity contribution in [3.63, 3.8) is 0 Å². The van der Waals surface area contributed by atoms with Crippen LogP contribution >= 0.6 is 15.9 Å². The summed E-state index contributed by atoms with van der Waals surface area (Å²) in [5.74, 6) is 0.979. The van der Waals surface area contributed by atoms with Gasteiger partial charge in [0.1, 0.15) is 5.75 Å². The van der Waals surface area contributed by atoms with E-state index in [0.717, 1.165) is 42.9 Å². The van der Waals surface area contributed by atoms with Gasteiger partial charge in [-0.1, -0.05) is 15.9 Å². The normalized spacial score (nSPS) is 16.1. The Morgan fingerprint density at radius 3 is 2.58 bits per heavy atom. The van der Waals surface area contributed by atoms with Crippen molar-refractivity contribution in [2.24, 2.45) is 0 Å². The Kier molecular flexibility index (Phi) is 7.98. The third-order valence-electron chi connectivity index (χ3n) is 4.10. The van der Waals surface area contributed by atoms with Gasteiger partial charge in [-0.15, -0.1) is 0 Å². The summed E-state index contributed by atoms with van der Waals surface area (Å²) >= 11 is 3.52. The topological polar surface area (TPSA) is 54.0 Å². The highest BCUT2D eigenvalue weighted by Gasteiger charge is 2.20. The van der Waals surface area contributed by atoms with Crippen molar-refractivity contribution in [3.05, 3.63) is 28.2 Å². The second-order valence-corrected chi connectivity index (χ2v) is 6.77. The molecule has 24 heavy (non-hydrogen) atoms. The van der Waals surface area contributed by atoms with E-state index in [-0.39, 0.29) is 5.91 Å². The van der Waals surface area contributed by atoms with Crippen LogP contribution in [0.15, 0.2) is 22.7 Å². The fraction of sp³-hybridized carbons (Fsp3) is 0.588. The molecule has 0 aliphatic carbocycles. The minimum absolute atomic E-state index is 0.0640. The van der Waals surface area contributed by atoms with Crippen molar-refractivity contribution in [3.8, 4) is 5.75 Å². The maximum Gasteiger partial charge on any atom is 0.234 e. The number of halogens is 1. The number of benzene rings is 1. The van der Waals surface area contributed by atoms with Crippen LogP contribution in [0.25, 0.3) is 0 Å². The smallest absolute Gasteiger partial charge is 0.234 e. The van der Waals surface area contributed by atoms with Crippen molar-refractivity contribution >= 4 is 21.8 Å². The summed E-state index contributed by atoms with van der Waals surface area (Å²) in [5, 5.41) is 2.86. The molecule has 7 heteroatoms. The molecule has 1 amide bonds. The molecule has 0 saturated carbocycles. The molecule has 1 heterocycles. The highest BCUT2D eigenvalue weighted by Crippen LogP contribution is 2.24. The number of hydrogen-bond acceptors (Lipinski definition) is 5. The molecule has 1 N–H and O–H groups in total. The number of nitrogens with zero attached hydrogens (tertiary/aromatic N) is 2. The molecule has 134 valence electrons. The van der Waals surface area contributed by atoms with Crippen LogP contribution in [-0.2, 0) is 16.1 Å². The zero-order valence-corrected chi connectivity index (χ0v) is 16.0. The quantitative estimate of drug-likeness (QED) is 0.668. The van der Waals surface area contributed by atoms with Gasteiger partial charge < -0.3 is 14.8 Å². The van der Waals surface area contributed by atoms with E-state index in [1.54, 1.807) is 14.2 Å². The van der Waals surface area contributed by atoms with Crippen LogP contribution in [0.3, 0.4) is 0 Å². The number of carbonyl (C=O) groups excluding carboxylic acids is 1. The van der Waals surface area contributed by atoms with E-state index < -0.39 is 0 Å². The Bertz CT molecular complexity index is 534. The minimum atomic E-state index is 0.0640. The van der Waals surface area contributed by atoms with Crippen molar-refractivity contribution in [1.29, 1.82) is 0 Å². The third-order valence-corrected chi connectivity index (χ3v) is 4.59. The molecule has 1 fully saturated rings. The van der Waals surface area contributed by atoms with Crippen LogP contribution < -0.4 is 10.1 Å². The SMILES string of the molecule is COCCNC(=O)CN1CCN(Cc2cc(Br)ccc2OC)CC1. The van der Waals surface area contributed by atoms with Gasteiger partial charge in [-0.25, -0.2) is 0 Å². The van der Waals surface area contributed by atoms with E-state index >= 15 is 0 Å². The van der Waals surface area contributed by atoms with Gasteiger partial charge in [-0.05, 0) is 18.2 Å². The molecule has 0 atom stereocenters. The third kappa shape index (κ3) is 6.05. The predicted molar refractivity (Wildman–Crippen MR) is 97.3 cm³/mol. The molecule has 1 aliphatic heterocycles. The molecule has 1 aromatic rings. The zero-order chi connectivity index (χ0) is 17.4. The molecule has 1 aromatic carbocycles. The van der Waals surface area contributed by atoms with Gasteiger partial charge in [-0.2, -0.15) is 0 Å². The first kappa shape index (κ1) is 19.2. The number of piperazine rings is 1. The lowest BCUT2D eigenvalue weighted by Crippen LogP contribution is -2.49. The van der Waals surface area contributed by atoms with Gasteiger partial charge in [0, 0.05) is 56.4 Å². The standard InChI is InChI=1S/C17H26BrN3O3/c1-23-10-5-19-17(22)13-21-8-6-20(7-9-21)12-14-11-15(18)3-4-16(14)24-2/h3-4,11H,5-10,12-13H2,1-2H3,(H,19,22).